The zero-order chi connectivity index (χ0) is 14.9. The number of halogens is 5. The van der Waals surface area contributed by atoms with Crippen LogP contribution in [0.1, 0.15) is 22.7 Å². The molecule has 0 saturated carbocycles. The maximum atomic E-state index is 12.7. The van der Waals surface area contributed by atoms with Crippen LogP contribution < -0.4 is 5.73 Å². The second-order valence-electron chi connectivity index (χ2n) is 4.27. The van der Waals surface area contributed by atoms with Crippen molar-refractivity contribution < 1.29 is 13.2 Å². The Balaban J connectivity index is 2.43. The Labute approximate surface area is 127 Å². The molecule has 0 fully saturated rings. The van der Waals surface area contributed by atoms with Crippen molar-refractivity contribution in [2.45, 2.75) is 12.2 Å². The summed E-state index contributed by atoms with van der Waals surface area (Å²) in [6, 6.07) is 9.32. The van der Waals surface area contributed by atoms with E-state index in [1.54, 1.807) is 24.3 Å². The lowest BCUT2D eigenvalue weighted by Crippen LogP contribution is -2.14. The predicted octanol–water partition coefficient (Wildman–Crippen LogP) is 5.17. The topological polar surface area (TPSA) is 26.0 Å². The van der Waals surface area contributed by atoms with Crippen molar-refractivity contribution >= 4 is 27.5 Å². The predicted molar refractivity (Wildman–Crippen MR) is 76.6 cm³/mol. The van der Waals surface area contributed by atoms with Crippen molar-refractivity contribution in [3.63, 3.8) is 0 Å². The van der Waals surface area contributed by atoms with Crippen LogP contribution in [0.3, 0.4) is 0 Å². The first-order valence-corrected chi connectivity index (χ1v) is 6.84. The molecule has 0 saturated heterocycles. The summed E-state index contributed by atoms with van der Waals surface area (Å²) in [6.45, 7) is 0. The molecule has 2 aromatic carbocycles. The molecule has 0 heterocycles. The van der Waals surface area contributed by atoms with E-state index in [2.05, 4.69) is 15.9 Å². The minimum absolute atomic E-state index is 0.361. The highest BCUT2D eigenvalue weighted by atomic mass is 79.9. The van der Waals surface area contributed by atoms with Gasteiger partial charge in [0.05, 0.1) is 11.6 Å². The van der Waals surface area contributed by atoms with Crippen LogP contribution in [0.15, 0.2) is 46.9 Å². The molecule has 0 radical (unpaired) electrons. The molecule has 0 spiro atoms. The summed E-state index contributed by atoms with van der Waals surface area (Å²) in [5, 5.41) is 0.415. The van der Waals surface area contributed by atoms with Crippen LogP contribution >= 0.6 is 27.5 Å². The lowest BCUT2D eigenvalue weighted by Gasteiger charge is -2.16. The van der Waals surface area contributed by atoms with E-state index in [1.807, 2.05) is 0 Å². The number of nitrogens with two attached hydrogens (primary N) is 1. The zero-order valence-corrected chi connectivity index (χ0v) is 12.4. The SMILES string of the molecule is NC(c1cccc(C(F)(F)F)c1)c1cc(Br)ccc1Cl. The van der Waals surface area contributed by atoms with E-state index in [1.165, 1.54) is 6.07 Å². The van der Waals surface area contributed by atoms with Gasteiger partial charge in [-0.15, -0.1) is 0 Å². The average Bonchev–Trinajstić information content (AvgIpc) is 2.40. The molecule has 0 amide bonds. The van der Waals surface area contributed by atoms with Gasteiger partial charge in [-0.05, 0) is 41.5 Å². The van der Waals surface area contributed by atoms with E-state index in [-0.39, 0.29) is 0 Å². The van der Waals surface area contributed by atoms with Gasteiger partial charge in [0.25, 0.3) is 0 Å². The average molecular weight is 365 g/mol. The third-order valence-corrected chi connectivity index (χ3v) is 3.70. The van der Waals surface area contributed by atoms with Gasteiger partial charge in [-0.1, -0.05) is 39.7 Å². The van der Waals surface area contributed by atoms with Crippen LogP contribution in [-0.4, -0.2) is 0 Å². The fourth-order valence-corrected chi connectivity index (χ4v) is 2.45. The lowest BCUT2D eigenvalue weighted by molar-refractivity contribution is -0.137. The first-order valence-electron chi connectivity index (χ1n) is 5.66. The van der Waals surface area contributed by atoms with Gasteiger partial charge in [-0.2, -0.15) is 13.2 Å². The Kier molecular flexibility index (Phi) is 4.42. The van der Waals surface area contributed by atoms with Crippen LogP contribution in [0.2, 0.25) is 5.02 Å². The number of hydrogen-bond acceptors (Lipinski definition) is 1. The molecule has 1 unspecified atom stereocenters. The molecule has 2 aromatic rings. The molecule has 0 aliphatic rings. The van der Waals surface area contributed by atoms with Crippen LogP contribution in [0.25, 0.3) is 0 Å². The third-order valence-electron chi connectivity index (χ3n) is 2.87. The number of benzene rings is 2. The van der Waals surface area contributed by atoms with Crippen LogP contribution in [0.4, 0.5) is 13.2 Å². The monoisotopic (exact) mass is 363 g/mol. The van der Waals surface area contributed by atoms with Gasteiger partial charge >= 0.3 is 6.18 Å². The number of alkyl halides is 3. The quantitative estimate of drug-likeness (QED) is 0.782. The molecule has 2 N–H and O–H groups in total. The molecule has 0 bridgehead atoms. The molecule has 0 aliphatic heterocycles. The van der Waals surface area contributed by atoms with E-state index < -0.39 is 17.8 Å². The van der Waals surface area contributed by atoms with Gasteiger partial charge in [0.2, 0.25) is 0 Å². The number of hydrogen-bond donors (Lipinski definition) is 1. The molecule has 1 nitrogen and oxygen atoms in total. The summed E-state index contributed by atoms with van der Waals surface area (Å²) in [4.78, 5) is 0. The molecule has 2 rings (SSSR count). The standard InChI is InChI=1S/C14H10BrClF3N/c15-10-4-5-12(16)11(7-10)13(20)8-2-1-3-9(6-8)14(17,18)19/h1-7,13H,20H2. The Hall–Kier alpha value is -1.04. The van der Waals surface area contributed by atoms with E-state index in [0.29, 0.717) is 16.1 Å². The summed E-state index contributed by atoms with van der Waals surface area (Å²) in [5.41, 5.74) is 6.23. The van der Waals surface area contributed by atoms with Crippen LogP contribution in [-0.2, 0) is 6.18 Å². The van der Waals surface area contributed by atoms with E-state index in [4.69, 9.17) is 17.3 Å². The molecule has 6 heteroatoms. The van der Waals surface area contributed by atoms with Crippen molar-refractivity contribution in [1.29, 1.82) is 0 Å². The lowest BCUT2D eigenvalue weighted by atomic mass is 9.98. The van der Waals surface area contributed by atoms with Gasteiger partial charge in [-0.3, -0.25) is 0 Å². The Morgan fingerprint density at radius 3 is 2.45 bits per heavy atom. The highest BCUT2D eigenvalue weighted by Crippen LogP contribution is 2.33. The first-order chi connectivity index (χ1) is 9.29. The van der Waals surface area contributed by atoms with Crippen molar-refractivity contribution in [2.75, 3.05) is 0 Å². The van der Waals surface area contributed by atoms with Gasteiger partial charge in [0.15, 0.2) is 0 Å². The van der Waals surface area contributed by atoms with Crippen molar-refractivity contribution in [1.82, 2.24) is 0 Å². The highest BCUT2D eigenvalue weighted by molar-refractivity contribution is 9.10. The summed E-state index contributed by atoms with van der Waals surface area (Å²) < 4.78 is 38.9. The second kappa shape index (κ2) is 5.76. The fourth-order valence-electron chi connectivity index (χ4n) is 1.84. The Morgan fingerprint density at radius 2 is 1.80 bits per heavy atom. The van der Waals surface area contributed by atoms with E-state index in [9.17, 15) is 13.2 Å². The molecule has 0 aromatic heterocycles. The highest BCUT2D eigenvalue weighted by Gasteiger charge is 2.31. The largest absolute Gasteiger partial charge is 0.416 e. The smallest absolute Gasteiger partial charge is 0.320 e. The maximum Gasteiger partial charge on any atom is 0.416 e. The third kappa shape index (κ3) is 3.34. The molecule has 106 valence electrons. The molecule has 20 heavy (non-hydrogen) atoms. The normalized spacial score (nSPS) is 13.3. The fraction of sp³-hybridized carbons (Fsp3) is 0.143. The summed E-state index contributed by atoms with van der Waals surface area (Å²) in [5.74, 6) is 0. The van der Waals surface area contributed by atoms with Gasteiger partial charge in [0, 0.05) is 9.50 Å². The molecule has 1 atom stereocenters. The Morgan fingerprint density at radius 1 is 1.10 bits per heavy atom. The van der Waals surface area contributed by atoms with Gasteiger partial charge < -0.3 is 5.73 Å². The van der Waals surface area contributed by atoms with Crippen molar-refractivity contribution in [3.05, 3.63) is 68.7 Å². The summed E-state index contributed by atoms with van der Waals surface area (Å²) in [7, 11) is 0. The van der Waals surface area contributed by atoms with Crippen molar-refractivity contribution in [3.8, 4) is 0 Å². The molecule has 0 aliphatic carbocycles. The maximum absolute atomic E-state index is 12.7. The molecular weight excluding hydrogens is 355 g/mol. The van der Waals surface area contributed by atoms with Gasteiger partial charge in [-0.25, -0.2) is 0 Å². The molecular formula is C14H10BrClF3N. The first kappa shape index (κ1) is 15.4. The summed E-state index contributed by atoms with van der Waals surface area (Å²) in [6.07, 6.45) is -4.39. The number of rotatable bonds is 2. The van der Waals surface area contributed by atoms with E-state index in [0.717, 1.165) is 16.6 Å². The van der Waals surface area contributed by atoms with E-state index >= 15 is 0 Å². The van der Waals surface area contributed by atoms with Gasteiger partial charge in [0.1, 0.15) is 0 Å². The second-order valence-corrected chi connectivity index (χ2v) is 5.59. The minimum Gasteiger partial charge on any atom is -0.320 e. The van der Waals surface area contributed by atoms with Crippen molar-refractivity contribution in [2.24, 2.45) is 5.73 Å². The zero-order valence-electron chi connectivity index (χ0n) is 10.1. The van der Waals surface area contributed by atoms with Crippen LogP contribution in [0.5, 0.6) is 0 Å². The summed E-state index contributed by atoms with van der Waals surface area (Å²) >= 11 is 9.34. The Bertz CT molecular complexity index is 628. The minimum atomic E-state index is -4.39. The van der Waals surface area contributed by atoms with Crippen LogP contribution in [0, 0.1) is 0 Å².